The minimum Gasteiger partial charge on any atom is -0.488 e. The molecule has 0 atom stereocenters. The molecule has 0 radical (unpaired) electrons. The van der Waals surface area contributed by atoms with Crippen LogP contribution in [-0.4, -0.2) is 27.0 Å². The van der Waals surface area contributed by atoms with Crippen molar-refractivity contribution in [2.45, 2.75) is 20.5 Å². The molecular weight excluding hydrogens is 384 g/mol. The van der Waals surface area contributed by atoms with Crippen molar-refractivity contribution < 1.29 is 9.53 Å². The number of carbonyl (C=O) groups is 1. The predicted octanol–water partition coefficient (Wildman–Crippen LogP) is 4.54. The van der Waals surface area contributed by atoms with Crippen molar-refractivity contribution in [3.63, 3.8) is 0 Å². The molecule has 2 heterocycles. The van der Waals surface area contributed by atoms with Crippen LogP contribution in [0.1, 0.15) is 25.0 Å². The Morgan fingerprint density at radius 2 is 1.86 bits per heavy atom. The molecule has 0 saturated carbocycles. The molecular formula is C22H20N4O2S. The number of amidine groups is 2. The van der Waals surface area contributed by atoms with E-state index < -0.39 is 5.91 Å². The molecule has 4 rings (SSSR count). The number of rotatable bonds is 5. The van der Waals surface area contributed by atoms with Crippen molar-refractivity contribution >= 4 is 39.8 Å². The highest BCUT2D eigenvalue weighted by Crippen LogP contribution is 2.31. The van der Waals surface area contributed by atoms with Crippen molar-refractivity contribution in [1.82, 2.24) is 5.01 Å². The molecule has 29 heavy (non-hydrogen) atoms. The second kappa shape index (κ2) is 8.05. The van der Waals surface area contributed by atoms with Crippen LogP contribution in [0, 0.1) is 11.3 Å². The van der Waals surface area contributed by atoms with Crippen LogP contribution in [0.3, 0.4) is 0 Å². The van der Waals surface area contributed by atoms with Crippen LogP contribution in [0.2, 0.25) is 0 Å². The fourth-order valence-electron chi connectivity index (χ4n) is 2.86. The van der Waals surface area contributed by atoms with Gasteiger partial charge in [0.2, 0.25) is 5.17 Å². The van der Waals surface area contributed by atoms with Crippen LogP contribution in [-0.2, 0) is 11.4 Å². The molecule has 0 unspecified atom stereocenters. The largest absolute Gasteiger partial charge is 0.488 e. The second-order valence-corrected chi connectivity index (χ2v) is 7.91. The van der Waals surface area contributed by atoms with E-state index in [1.54, 1.807) is 6.08 Å². The van der Waals surface area contributed by atoms with E-state index >= 15 is 0 Å². The molecule has 0 saturated heterocycles. The van der Waals surface area contributed by atoms with Crippen LogP contribution in [0.25, 0.3) is 6.08 Å². The van der Waals surface area contributed by atoms with Gasteiger partial charge in [0, 0.05) is 11.5 Å². The third-order valence-corrected chi connectivity index (χ3v) is 5.63. The van der Waals surface area contributed by atoms with Crippen molar-refractivity contribution in [3.8, 4) is 5.75 Å². The van der Waals surface area contributed by atoms with Gasteiger partial charge in [-0.05, 0) is 29.5 Å². The van der Waals surface area contributed by atoms with E-state index in [9.17, 15) is 4.79 Å². The Balaban J connectivity index is 1.61. The minimum absolute atomic E-state index is 0.0287. The maximum Gasteiger partial charge on any atom is 0.283 e. The predicted molar refractivity (Wildman–Crippen MR) is 117 cm³/mol. The zero-order chi connectivity index (χ0) is 20.4. The fourth-order valence-corrected chi connectivity index (χ4v) is 3.75. The van der Waals surface area contributed by atoms with Crippen LogP contribution >= 0.6 is 11.8 Å². The number of hydrazone groups is 1. The highest BCUT2D eigenvalue weighted by atomic mass is 32.2. The number of hydrogen-bond donors (Lipinski definition) is 1. The number of para-hydroxylation sites is 1. The molecule has 2 aromatic rings. The topological polar surface area (TPSA) is 78.1 Å². The molecule has 0 spiro atoms. The molecule has 7 heteroatoms. The molecule has 146 valence electrons. The SMILES string of the molecule is CC(C)C1=NN2C(=N)/C(=C\c3ccccc3OCc3ccccc3)C(=O)N=C2S1. The van der Waals surface area contributed by atoms with Crippen molar-refractivity contribution in [1.29, 1.82) is 5.41 Å². The molecule has 1 amide bonds. The summed E-state index contributed by atoms with van der Waals surface area (Å²) in [7, 11) is 0. The summed E-state index contributed by atoms with van der Waals surface area (Å²) in [6.07, 6.45) is 1.65. The zero-order valence-corrected chi connectivity index (χ0v) is 16.9. The van der Waals surface area contributed by atoms with E-state index in [1.165, 1.54) is 16.8 Å². The van der Waals surface area contributed by atoms with Gasteiger partial charge in [0.15, 0.2) is 5.84 Å². The first-order valence-corrected chi connectivity index (χ1v) is 10.1. The smallest absolute Gasteiger partial charge is 0.283 e. The minimum atomic E-state index is -0.438. The van der Waals surface area contributed by atoms with E-state index in [0.717, 1.165) is 16.2 Å². The Labute approximate surface area is 173 Å². The number of nitrogens with one attached hydrogen (secondary N) is 1. The first-order valence-electron chi connectivity index (χ1n) is 9.29. The average molecular weight is 404 g/mol. The van der Waals surface area contributed by atoms with E-state index in [1.807, 2.05) is 68.4 Å². The van der Waals surface area contributed by atoms with Gasteiger partial charge in [0.05, 0.1) is 5.57 Å². The third-order valence-electron chi connectivity index (χ3n) is 4.42. The van der Waals surface area contributed by atoms with Crippen molar-refractivity contribution in [3.05, 3.63) is 71.3 Å². The summed E-state index contributed by atoms with van der Waals surface area (Å²) in [5, 5.41) is 15.6. The Kier molecular flexibility index (Phi) is 5.31. The van der Waals surface area contributed by atoms with E-state index in [2.05, 4.69) is 10.1 Å². The quantitative estimate of drug-likeness (QED) is 0.742. The average Bonchev–Trinajstić information content (AvgIpc) is 3.15. The lowest BCUT2D eigenvalue weighted by atomic mass is 10.1. The van der Waals surface area contributed by atoms with E-state index in [4.69, 9.17) is 10.1 Å². The molecule has 0 bridgehead atoms. The summed E-state index contributed by atoms with van der Waals surface area (Å²) in [5.41, 5.74) is 1.96. The van der Waals surface area contributed by atoms with Gasteiger partial charge in [-0.15, -0.1) is 0 Å². The Morgan fingerprint density at radius 3 is 2.62 bits per heavy atom. The second-order valence-electron chi connectivity index (χ2n) is 6.93. The first-order chi connectivity index (χ1) is 14.0. The first kappa shape index (κ1) is 19.1. The summed E-state index contributed by atoms with van der Waals surface area (Å²) in [6, 6.07) is 17.3. The van der Waals surface area contributed by atoms with Gasteiger partial charge >= 0.3 is 0 Å². The third kappa shape index (κ3) is 4.00. The number of aliphatic imine (C=N–C) groups is 1. The number of benzene rings is 2. The summed E-state index contributed by atoms with van der Waals surface area (Å²) < 4.78 is 5.96. The number of hydrogen-bond acceptors (Lipinski definition) is 5. The number of thioether (sulfide) groups is 1. The number of ether oxygens (including phenoxy) is 1. The Morgan fingerprint density at radius 1 is 1.14 bits per heavy atom. The Bertz CT molecular complexity index is 1060. The number of amides is 1. The number of fused-ring (bicyclic) bond motifs is 1. The number of carbonyl (C=O) groups excluding carboxylic acids is 1. The van der Waals surface area contributed by atoms with Gasteiger partial charge in [0.1, 0.15) is 17.4 Å². The molecule has 1 N–H and O–H groups in total. The molecule has 0 aromatic heterocycles. The van der Waals surface area contributed by atoms with E-state index in [0.29, 0.717) is 17.5 Å². The molecule has 6 nitrogen and oxygen atoms in total. The summed E-state index contributed by atoms with van der Waals surface area (Å²) in [5.74, 6) is 0.435. The Hall–Kier alpha value is -3.19. The molecule has 0 aliphatic carbocycles. The van der Waals surface area contributed by atoms with Gasteiger partial charge < -0.3 is 4.74 Å². The van der Waals surface area contributed by atoms with Gasteiger partial charge in [-0.25, -0.2) is 0 Å². The van der Waals surface area contributed by atoms with Crippen LogP contribution in [0.15, 0.2) is 70.3 Å². The fraction of sp³-hybridized carbons (Fsp3) is 0.182. The molecule has 2 aliphatic rings. The summed E-state index contributed by atoms with van der Waals surface area (Å²) >= 11 is 1.34. The lowest BCUT2D eigenvalue weighted by Gasteiger charge is -2.20. The lowest BCUT2D eigenvalue weighted by molar-refractivity contribution is -0.114. The van der Waals surface area contributed by atoms with Gasteiger partial charge in [-0.2, -0.15) is 15.1 Å². The summed E-state index contributed by atoms with van der Waals surface area (Å²) in [6.45, 7) is 4.46. The zero-order valence-electron chi connectivity index (χ0n) is 16.1. The van der Waals surface area contributed by atoms with Crippen LogP contribution < -0.4 is 4.74 Å². The monoisotopic (exact) mass is 404 g/mol. The lowest BCUT2D eigenvalue weighted by Crippen LogP contribution is -2.35. The van der Waals surface area contributed by atoms with Crippen molar-refractivity contribution in [2.24, 2.45) is 16.0 Å². The number of nitrogens with zero attached hydrogens (tertiary/aromatic N) is 3. The molecule has 2 aromatic carbocycles. The van der Waals surface area contributed by atoms with Crippen LogP contribution in [0.5, 0.6) is 5.75 Å². The maximum atomic E-state index is 12.6. The highest BCUT2D eigenvalue weighted by molar-refractivity contribution is 8.27. The summed E-state index contributed by atoms with van der Waals surface area (Å²) in [4.78, 5) is 16.7. The normalized spacial score (nSPS) is 17.5. The molecule has 0 fully saturated rings. The van der Waals surface area contributed by atoms with Crippen molar-refractivity contribution in [2.75, 3.05) is 0 Å². The maximum absolute atomic E-state index is 12.6. The van der Waals surface area contributed by atoms with Gasteiger partial charge in [-0.1, -0.05) is 62.4 Å². The van der Waals surface area contributed by atoms with Crippen LogP contribution in [0.4, 0.5) is 0 Å². The van der Waals surface area contributed by atoms with Gasteiger partial charge in [-0.3, -0.25) is 10.2 Å². The van der Waals surface area contributed by atoms with Gasteiger partial charge in [0.25, 0.3) is 5.91 Å². The standard InChI is InChI=1S/C22H20N4O2S/c1-14(2)21-25-26-19(23)17(20(27)24-22(26)29-21)12-16-10-6-7-11-18(16)28-13-15-8-4-3-5-9-15/h3-12,14,23H,13H2,1-2H3/b17-12+,23-19?. The van der Waals surface area contributed by atoms with E-state index in [-0.39, 0.29) is 17.3 Å². The molecule has 2 aliphatic heterocycles. The highest BCUT2D eigenvalue weighted by Gasteiger charge is 2.36.